The number of hydrogen-bond donors (Lipinski definition) is 0. The first kappa shape index (κ1) is 15.2. The molecule has 92 valence electrons. The predicted molar refractivity (Wildman–Crippen MR) is 75.2 cm³/mol. The van der Waals surface area contributed by atoms with Crippen molar-refractivity contribution < 1.29 is 0 Å². The standard InChI is InChI=1S/C12H16.2C2H6/c1-3-10-5-4-9(2)8-12(10)11-6-7-11;2*1-2/h4-5,8,11H,3,6-7H2,1-2H3;2*1-2H3. The van der Waals surface area contributed by atoms with Crippen LogP contribution in [0.5, 0.6) is 0 Å². The Hall–Kier alpha value is -0.780. The molecule has 1 saturated carbocycles. The highest BCUT2D eigenvalue weighted by atomic mass is 14.3. The number of hydrogen-bond acceptors (Lipinski definition) is 0. The van der Waals surface area contributed by atoms with Crippen LogP contribution in [0.2, 0.25) is 0 Å². The van der Waals surface area contributed by atoms with Crippen LogP contribution in [0.25, 0.3) is 0 Å². The second-order valence-corrected chi connectivity index (χ2v) is 3.83. The maximum absolute atomic E-state index is 2.37. The molecule has 16 heavy (non-hydrogen) atoms. The highest BCUT2D eigenvalue weighted by molar-refractivity contribution is 5.36. The molecule has 0 heterocycles. The van der Waals surface area contributed by atoms with E-state index < -0.39 is 0 Å². The van der Waals surface area contributed by atoms with Gasteiger partial charge in [0.05, 0.1) is 0 Å². The summed E-state index contributed by atoms with van der Waals surface area (Å²) in [6.45, 7) is 12.4. The average Bonchev–Trinajstić information content (AvgIpc) is 3.18. The molecular formula is C16H28. The van der Waals surface area contributed by atoms with Gasteiger partial charge in [-0.1, -0.05) is 58.4 Å². The Morgan fingerprint density at radius 2 is 1.62 bits per heavy atom. The second-order valence-electron chi connectivity index (χ2n) is 3.83. The fourth-order valence-corrected chi connectivity index (χ4v) is 1.81. The zero-order chi connectivity index (χ0) is 12.6. The molecule has 0 bridgehead atoms. The first-order valence-electron chi connectivity index (χ1n) is 6.90. The van der Waals surface area contributed by atoms with E-state index in [0.717, 1.165) is 5.92 Å². The van der Waals surface area contributed by atoms with Crippen LogP contribution in [0.3, 0.4) is 0 Å². The molecule has 0 heteroatoms. The average molecular weight is 220 g/mol. The molecule has 2 rings (SSSR count). The quantitative estimate of drug-likeness (QED) is 0.618. The zero-order valence-corrected chi connectivity index (χ0v) is 11.9. The Bertz CT molecular complexity index is 282. The lowest BCUT2D eigenvalue weighted by Gasteiger charge is -2.06. The zero-order valence-electron chi connectivity index (χ0n) is 11.9. The molecular weight excluding hydrogens is 192 g/mol. The molecule has 0 amide bonds. The van der Waals surface area contributed by atoms with Gasteiger partial charge in [-0.05, 0) is 43.2 Å². The third-order valence-electron chi connectivity index (χ3n) is 2.70. The Morgan fingerprint density at radius 1 is 1.06 bits per heavy atom. The molecule has 0 aromatic heterocycles. The highest BCUT2D eigenvalue weighted by Gasteiger charge is 2.25. The van der Waals surface area contributed by atoms with E-state index in [4.69, 9.17) is 0 Å². The second kappa shape index (κ2) is 8.38. The summed E-state index contributed by atoms with van der Waals surface area (Å²) >= 11 is 0. The first-order chi connectivity index (χ1) is 7.81. The van der Waals surface area contributed by atoms with Crippen molar-refractivity contribution in [3.63, 3.8) is 0 Å². The summed E-state index contributed by atoms with van der Waals surface area (Å²) in [6, 6.07) is 6.89. The molecule has 1 aliphatic carbocycles. The van der Waals surface area contributed by atoms with Gasteiger partial charge in [-0.2, -0.15) is 0 Å². The summed E-state index contributed by atoms with van der Waals surface area (Å²) in [7, 11) is 0. The van der Waals surface area contributed by atoms with Crippen LogP contribution < -0.4 is 0 Å². The molecule has 1 fully saturated rings. The van der Waals surface area contributed by atoms with Crippen molar-refractivity contribution in [1.29, 1.82) is 0 Å². The van der Waals surface area contributed by atoms with Crippen LogP contribution in [0, 0.1) is 6.92 Å². The molecule has 0 spiro atoms. The number of benzene rings is 1. The summed E-state index contributed by atoms with van der Waals surface area (Å²) in [5, 5.41) is 0. The van der Waals surface area contributed by atoms with E-state index in [1.54, 1.807) is 11.1 Å². The maximum atomic E-state index is 2.37. The van der Waals surface area contributed by atoms with E-state index in [1.165, 1.54) is 24.8 Å². The minimum atomic E-state index is 0.903. The molecule has 1 aromatic rings. The van der Waals surface area contributed by atoms with Crippen LogP contribution in [-0.2, 0) is 6.42 Å². The van der Waals surface area contributed by atoms with Crippen molar-refractivity contribution in [2.24, 2.45) is 0 Å². The van der Waals surface area contributed by atoms with Crippen LogP contribution >= 0.6 is 0 Å². The summed E-state index contributed by atoms with van der Waals surface area (Å²) in [4.78, 5) is 0. The molecule has 0 N–H and O–H groups in total. The lowest BCUT2D eigenvalue weighted by Crippen LogP contribution is -1.90. The Kier molecular flexibility index (Phi) is 7.97. The highest BCUT2D eigenvalue weighted by Crippen LogP contribution is 2.42. The van der Waals surface area contributed by atoms with Gasteiger partial charge in [0.25, 0.3) is 0 Å². The lowest BCUT2D eigenvalue weighted by atomic mass is 9.99. The van der Waals surface area contributed by atoms with E-state index in [9.17, 15) is 0 Å². The van der Waals surface area contributed by atoms with Gasteiger partial charge < -0.3 is 0 Å². The molecule has 1 aliphatic rings. The van der Waals surface area contributed by atoms with Gasteiger partial charge in [-0.25, -0.2) is 0 Å². The van der Waals surface area contributed by atoms with Gasteiger partial charge >= 0.3 is 0 Å². The normalized spacial score (nSPS) is 13.1. The van der Waals surface area contributed by atoms with E-state index in [1.807, 2.05) is 27.7 Å². The van der Waals surface area contributed by atoms with Crippen molar-refractivity contribution in [3.8, 4) is 0 Å². The largest absolute Gasteiger partial charge is 0.0683 e. The van der Waals surface area contributed by atoms with Crippen molar-refractivity contribution in [2.75, 3.05) is 0 Å². The van der Waals surface area contributed by atoms with Gasteiger partial charge in [0.15, 0.2) is 0 Å². The minimum Gasteiger partial charge on any atom is -0.0683 e. The fraction of sp³-hybridized carbons (Fsp3) is 0.625. The number of aryl methyl sites for hydroxylation is 2. The van der Waals surface area contributed by atoms with Crippen LogP contribution in [0.15, 0.2) is 18.2 Å². The van der Waals surface area contributed by atoms with Crippen LogP contribution in [0.4, 0.5) is 0 Å². The molecule has 0 radical (unpaired) electrons. The summed E-state index contributed by atoms with van der Waals surface area (Å²) in [6.07, 6.45) is 4.01. The third-order valence-corrected chi connectivity index (χ3v) is 2.70. The van der Waals surface area contributed by atoms with Crippen molar-refractivity contribution >= 4 is 0 Å². The van der Waals surface area contributed by atoms with Crippen LogP contribution in [-0.4, -0.2) is 0 Å². The number of rotatable bonds is 2. The van der Waals surface area contributed by atoms with Crippen molar-refractivity contribution in [1.82, 2.24) is 0 Å². The first-order valence-corrected chi connectivity index (χ1v) is 6.90. The summed E-state index contributed by atoms with van der Waals surface area (Å²) in [5.74, 6) is 0.903. The molecule has 0 aliphatic heterocycles. The smallest absolute Gasteiger partial charge is 0.0159 e. The van der Waals surface area contributed by atoms with Gasteiger partial charge in [0.2, 0.25) is 0 Å². The van der Waals surface area contributed by atoms with Gasteiger partial charge in [-0.15, -0.1) is 0 Å². The van der Waals surface area contributed by atoms with Gasteiger partial charge in [-0.3, -0.25) is 0 Å². The Labute approximate surface area is 102 Å². The Balaban J connectivity index is 0.000000509. The fourth-order valence-electron chi connectivity index (χ4n) is 1.81. The summed E-state index contributed by atoms with van der Waals surface area (Å²) < 4.78 is 0. The van der Waals surface area contributed by atoms with E-state index >= 15 is 0 Å². The maximum Gasteiger partial charge on any atom is -0.0159 e. The molecule has 0 unspecified atom stereocenters. The van der Waals surface area contributed by atoms with E-state index in [-0.39, 0.29) is 0 Å². The Morgan fingerprint density at radius 3 is 2.06 bits per heavy atom. The molecule has 0 saturated heterocycles. The van der Waals surface area contributed by atoms with E-state index in [2.05, 4.69) is 32.0 Å². The minimum absolute atomic E-state index is 0.903. The predicted octanol–water partition coefficient (Wildman–Crippen LogP) is 5.49. The SMILES string of the molecule is CC.CC.CCc1ccc(C)cc1C1CC1. The van der Waals surface area contributed by atoms with Gasteiger partial charge in [0, 0.05) is 0 Å². The van der Waals surface area contributed by atoms with Crippen LogP contribution in [0.1, 0.15) is 70.1 Å². The monoisotopic (exact) mass is 220 g/mol. The molecule has 0 nitrogen and oxygen atoms in total. The lowest BCUT2D eigenvalue weighted by molar-refractivity contribution is 1.02. The third kappa shape index (κ3) is 4.38. The van der Waals surface area contributed by atoms with Crippen molar-refractivity contribution in [2.45, 2.75) is 66.7 Å². The topological polar surface area (TPSA) is 0 Å². The van der Waals surface area contributed by atoms with Crippen molar-refractivity contribution in [3.05, 3.63) is 34.9 Å². The van der Waals surface area contributed by atoms with E-state index in [0.29, 0.717) is 0 Å². The molecule has 0 atom stereocenters. The molecule has 1 aromatic carbocycles. The summed E-state index contributed by atoms with van der Waals surface area (Å²) in [5.41, 5.74) is 4.59. The van der Waals surface area contributed by atoms with Gasteiger partial charge in [0.1, 0.15) is 0 Å².